The number of aliphatic imine (C=N–C) groups is 2. The van der Waals surface area contributed by atoms with Gasteiger partial charge in [0.15, 0.2) is 0 Å². The molecular formula is C30H25Br2N3. The molecule has 0 aliphatic carbocycles. The van der Waals surface area contributed by atoms with Gasteiger partial charge in [-0.15, -0.1) is 0 Å². The van der Waals surface area contributed by atoms with Crippen molar-refractivity contribution >= 4 is 54.8 Å². The van der Waals surface area contributed by atoms with Crippen LogP contribution in [0.2, 0.25) is 0 Å². The standard InChI is InChI=1S/C30H25Br2N3/c1-21(33-27-17-13-25(31)14-18-27)30(24-11-7-4-8-12-24)22(2)35(28-19-15-26(32)16-20-28)29(34-30)23-9-5-3-6-10-23/h3-20,22H,1-2H3/b33-21+. The molecule has 35 heavy (non-hydrogen) atoms. The Hall–Kier alpha value is -3.02. The molecule has 5 heteroatoms. The van der Waals surface area contributed by atoms with Gasteiger partial charge in [-0.1, -0.05) is 92.5 Å². The van der Waals surface area contributed by atoms with Crippen LogP contribution in [0.3, 0.4) is 0 Å². The molecule has 1 heterocycles. The van der Waals surface area contributed by atoms with Gasteiger partial charge in [-0.25, -0.2) is 4.99 Å². The first kappa shape index (κ1) is 23.7. The van der Waals surface area contributed by atoms with Crippen molar-refractivity contribution in [1.29, 1.82) is 0 Å². The Labute approximate surface area is 223 Å². The normalized spacial score (nSPS) is 20.1. The van der Waals surface area contributed by atoms with Gasteiger partial charge >= 0.3 is 0 Å². The molecule has 4 aromatic carbocycles. The van der Waals surface area contributed by atoms with Crippen molar-refractivity contribution in [2.75, 3.05) is 4.90 Å². The number of amidine groups is 1. The first-order valence-corrected chi connectivity index (χ1v) is 13.1. The molecule has 0 spiro atoms. The summed E-state index contributed by atoms with van der Waals surface area (Å²) in [4.78, 5) is 13.0. The Morgan fingerprint density at radius 1 is 0.771 bits per heavy atom. The van der Waals surface area contributed by atoms with E-state index in [1.807, 2.05) is 36.4 Å². The molecule has 0 bridgehead atoms. The Morgan fingerprint density at radius 3 is 1.91 bits per heavy atom. The number of hydrogen-bond donors (Lipinski definition) is 0. The first-order valence-electron chi connectivity index (χ1n) is 11.6. The van der Waals surface area contributed by atoms with Gasteiger partial charge in [0.05, 0.1) is 11.7 Å². The number of anilines is 1. The van der Waals surface area contributed by atoms with E-state index in [0.717, 1.165) is 43.0 Å². The third-order valence-corrected chi connectivity index (χ3v) is 7.59. The average molecular weight is 587 g/mol. The molecule has 5 rings (SSSR count). The summed E-state index contributed by atoms with van der Waals surface area (Å²) in [5.41, 5.74) is 4.50. The van der Waals surface area contributed by atoms with Crippen LogP contribution in [0, 0.1) is 0 Å². The largest absolute Gasteiger partial charge is 0.320 e. The van der Waals surface area contributed by atoms with Crippen molar-refractivity contribution in [2.24, 2.45) is 9.98 Å². The van der Waals surface area contributed by atoms with E-state index in [9.17, 15) is 0 Å². The van der Waals surface area contributed by atoms with Crippen LogP contribution in [0.4, 0.5) is 11.4 Å². The van der Waals surface area contributed by atoms with Gasteiger partial charge in [-0.2, -0.15) is 0 Å². The van der Waals surface area contributed by atoms with Crippen molar-refractivity contribution < 1.29 is 0 Å². The van der Waals surface area contributed by atoms with E-state index in [2.05, 4.69) is 123 Å². The van der Waals surface area contributed by atoms with E-state index in [-0.39, 0.29) is 6.04 Å². The molecule has 4 aromatic rings. The van der Waals surface area contributed by atoms with E-state index >= 15 is 0 Å². The molecule has 0 N–H and O–H groups in total. The summed E-state index contributed by atoms with van der Waals surface area (Å²) in [5.74, 6) is 0.939. The molecule has 1 aliphatic heterocycles. The molecule has 174 valence electrons. The van der Waals surface area contributed by atoms with E-state index in [1.54, 1.807) is 0 Å². The summed E-state index contributed by atoms with van der Waals surface area (Å²) in [6.07, 6.45) is 0. The second-order valence-electron chi connectivity index (χ2n) is 8.63. The molecule has 0 radical (unpaired) electrons. The number of hydrogen-bond acceptors (Lipinski definition) is 3. The summed E-state index contributed by atoms with van der Waals surface area (Å²) in [6.45, 7) is 4.35. The van der Waals surface area contributed by atoms with Crippen molar-refractivity contribution in [1.82, 2.24) is 0 Å². The fraction of sp³-hybridized carbons (Fsp3) is 0.133. The van der Waals surface area contributed by atoms with E-state index in [0.29, 0.717) is 0 Å². The monoisotopic (exact) mass is 585 g/mol. The van der Waals surface area contributed by atoms with Crippen molar-refractivity contribution in [3.05, 3.63) is 129 Å². The minimum atomic E-state index is -0.660. The highest BCUT2D eigenvalue weighted by molar-refractivity contribution is 9.10. The molecule has 0 amide bonds. The highest BCUT2D eigenvalue weighted by Gasteiger charge is 2.50. The third kappa shape index (κ3) is 4.51. The van der Waals surface area contributed by atoms with Crippen molar-refractivity contribution in [2.45, 2.75) is 25.4 Å². The van der Waals surface area contributed by atoms with Crippen LogP contribution in [0.1, 0.15) is 25.0 Å². The number of benzene rings is 4. The highest BCUT2D eigenvalue weighted by Crippen LogP contribution is 2.43. The van der Waals surface area contributed by atoms with E-state index in [1.165, 1.54) is 0 Å². The minimum Gasteiger partial charge on any atom is -0.320 e. The molecule has 0 saturated heterocycles. The zero-order chi connectivity index (χ0) is 24.4. The second kappa shape index (κ2) is 9.92. The van der Waals surface area contributed by atoms with Gasteiger partial charge in [-0.3, -0.25) is 4.99 Å². The van der Waals surface area contributed by atoms with Crippen LogP contribution < -0.4 is 4.90 Å². The van der Waals surface area contributed by atoms with Crippen LogP contribution in [-0.4, -0.2) is 17.6 Å². The van der Waals surface area contributed by atoms with Crippen molar-refractivity contribution in [3.8, 4) is 0 Å². The smallest absolute Gasteiger partial charge is 0.146 e. The van der Waals surface area contributed by atoms with Crippen LogP contribution in [0.25, 0.3) is 0 Å². The Morgan fingerprint density at radius 2 is 1.31 bits per heavy atom. The van der Waals surface area contributed by atoms with E-state index in [4.69, 9.17) is 9.98 Å². The maximum atomic E-state index is 5.53. The lowest BCUT2D eigenvalue weighted by atomic mass is 9.80. The predicted octanol–water partition coefficient (Wildman–Crippen LogP) is 8.56. The zero-order valence-electron chi connectivity index (χ0n) is 19.6. The van der Waals surface area contributed by atoms with Crippen LogP contribution in [-0.2, 0) is 5.54 Å². The minimum absolute atomic E-state index is 0.0134. The lowest BCUT2D eigenvalue weighted by Crippen LogP contribution is -2.47. The number of nitrogens with zero attached hydrogens (tertiary/aromatic N) is 3. The SMILES string of the molecule is C/C(=N\c1ccc(Br)cc1)C1(c2ccccc2)N=C(c2ccccc2)N(c2ccc(Br)cc2)C1C. The lowest BCUT2D eigenvalue weighted by molar-refractivity contribution is 0.528. The van der Waals surface area contributed by atoms with Gasteiger partial charge in [0.1, 0.15) is 11.4 Å². The van der Waals surface area contributed by atoms with Crippen LogP contribution in [0.15, 0.2) is 128 Å². The van der Waals surface area contributed by atoms with Crippen molar-refractivity contribution in [3.63, 3.8) is 0 Å². The fourth-order valence-corrected chi connectivity index (χ4v) is 5.34. The average Bonchev–Trinajstić information content (AvgIpc) is 3.21. The summed E-state index contributed by atoms with van der Waals surface area (Å²) < 4.78 is 2.08. The Kier molecular flexibility index (Phi) is 6.72. The van der Waals surface area contributed by atoms with Gasteiger partial charge in [-0.05, 0) is 67.9 Å². The van der Waals surface area contributed by atoms with Gasteiger partial charge in [0.2, 0.25) is 0 Å². The molecule has 0 saturated carbocycles. The maximum Gasteiger partial charge on any atom is 0.146 e. The molecule has 2 unspecified atom stereocenters. The topological polar surface area (TPSA) is 28.0 Å². The number of halogens is 2. The summed E-state index contributed by atoms with van der Waals surface area (Å²) in [6, 6.07) is 37.5. The highest BCUT2D eigenvalue weighted by atomic mass is 79.9. The molecule has 0 fully saturated rings. The van der Waals surface area contributed by atoms with Crippen LogP contribution >= 0.6 is 31.9 Å². The molecule has 2 atom stereocenters. The van der Waals surface area contributed by atoms with Gasteiger partial charge < -0.3 is 4.90 Å². The number of rotatable bonds is 5. The molecular weight excluding hydrogens is 562 g/mol. The predicted molar refractivity (Wildman–Crippen MR) is 154 cm³/mol. The summed E-state index contributed by atoms with van der Waals surface area (Å²) >= 11 is 7.11. The fourth-order valence-electron chi connectivity index (χ4n) is 4.81. The van der Waals surface area contributed by atoms with Crippen LogP contribution in [0.5, 0.6) is 0 Å². The van der Waals surface area contributed by atoms with Gasteiger partial charge in [0, 0.05) is 25.9 Å². The van der Waals surface area contributed by atoms with Gasteiger partial charge in [0.25, 0.3) is 0 Å². The molecule has 0 aromatic heterocycles. The van der Waals surface area contributed by atoms with E-state index < -0.39 is 5.54 Å². The summed E-state index contributed by atoms with van der Waals surface area (Å²) in [5, 5.41) is 0. The second-order valence-corrected chi connectivity index (χ2v) is 10.5. The zero-order valence-corrected chi connectivity index (χ0v) is 22.7. The lowest BCUT2D eigenvalue weighted by Gasteiger charge is -2.36. The summed E-state index contributed by atoms with van der Waals surface area (Å²) in [7, 11) is 0. The Bertz CT molecular complexity index is 1370. The maximum absolute atomic E-state index is 5.53. The first-order chi connectivity index (χ1) is 17.0. The third-order valence-electron chi connectivity index (χ3n) is 6.53. The molecule has 1 aliphatic rings. The molecule has 3 nitrogen and oxygen atoms in total. The quantitative estimate of drug-likeness (QED) is 0.215. The Balaban J connectivity index is 1.75.